The van der Waals surface area contributed by atoms with Crippen LogP contribution in [0.4, 0.5) is 4.79 Å². The van der Waals surface area contributed by atoms with Crippen LogP contribution in [-0.4, -0.2) is 46.2 Å². The van der Waals surface area contributed by atoms with E-state index in [9.17, 15) is 24.3 Å². The molecule has 0 bridgehead atoms. The van der Waals surface area contributed by atoms with Crippen molar-refractivity contribution in [3.63, 3.8) is 0 Å². The average molecular weight is 574 g/mol. The lowest BCUT2D eigenvalue weighted by molar-refractivity contribution is -0.146. The number of alkyl carbamates (subject to hydrolysis) is 1. The first kappa shape index (κ1) is 31.9. The first-order chi connectivity index (χ1) is 19.7. The van der Waals surface area contributed by atoms with Gasteiger partial charge in [0.05, 0.1) is 0 Å². The van der Waals surface area contributed by atoms with Gasteiger partial charge in [-0.15, -0.1) is 0 Å². The standard InChI is InChI=1S/C33H39N3O6/c1-31(2,3)42-30(41)34-26(28(38)36-32(4,5)29(39)40)21-22-27(37)35-33(23-15-9-6-10-16-23,24-17-11-7-12-18-24)25-19-13-8-14-20-25/h6-20,26H,21-22H2,1-5H3,(H,34,41)(H,35,37)(H,36,38)(H,39,40)/t26-/m1/s1. The average Bonchev–Trinajstić information content (AvgIpc) is 2.94. The van der Waals surface area contributed by atoms with Crippen LogP contribution in [0.2, 0.25) is 0 Å². The second kappa shape index (κ2) is 13.3. The van der Waals surface area contributed by atoms with E-state index in [1.165, 1.54) is 13.8 Å². The highest BCUT2D eigenvalue weighted by atomic mass is 16.6. The summed E-state index contributed by atoms with van der Waals surface area (Å²) in [7, 11) is 0. The fourth-order valence-electron chi connectivity index (χ4n) is 4.50. The minimum atomic E-state index is -1.60. The molecular formula is C33H39N3O6. The maximum atomic E-state index is 13.7. The molecule has 0 aliphatic rings. The molecule has 0 aliphatic carbocycles. The number of carbonyl (C=O) groups is 4. The van der Waals surface area contributed by atoms with E-state index in [2.05, 4.69) is 16.0 Å². The predicted molar refractivity (Wildman–Crippen MR) is 160 cm³/mol. The van der Waals surface area contributed by atoms with Crippen LogP contribution in [0.3, 0.4) is 0 Å². The minimum Gasteiger partial charge on any atom is -0.480 e. The number of hydrogen-bond donors (Lipinski definition) is 4. The summed E-state index contributed by atoms with van der Waals surface area (Å²) >= 11 is 0. The Bertz CT molecular complexity index is 1270. The van der Waals surface area contributed by atoms with Gasteiger partial charge in [-0.3, -0.25) is 9.59 Å². The molecule has 42 heavy (non-hydrogen) atoms. The number of aliphatic carboxylic acids is 1. The Morgan fingerprint density at radius 3 is 1.52 bits per heavy atom. The number of rotatable bonds is 11. The van der Waals surface area contributed by atoms with Crippen molar-refractivity contribution in [1.29, 1.82) is 0 Å². The summed E-state index contributed by atoms with van der Waals surface area (Å²) in [5.41, 5.74) is -0.983. The topological polar surface area (TPSA) is 134 Å². The van der Waals surface area contributed by atoms with Crippen molar-refractivity contribution < 1.29 is 29.0 Å². The minimum absolute atomic E-state index is 0.110. The number of nitrogens with one attached hydrogen (secondary N) is 3. The molecule has 0 unspecified atom stereocenters. The number of amides is 3. The summed E-state index contributed by atoms with van der Waals surface area (Å²) in [6.45, 7) is 7.70. The molecule has 3 rings (SSSR count). The van der Waals surface area contributed by atoms with Crippen molar-refractivity contribution in [1.82, 2.24) is 16.0 Å². The zero-order valence-electron chi connectivity index (χ0n) is 24.6. The molecule has 9 nitrogen and oxygen atoms in total. The van der Waals surface area contributed by atoms with Gasteiger partial charge in [0.15, 0.2) is 0 Å². The van der Waals surface area contributed by atoms with Gasteiger partial charge in [-0.25, -0.2) is 9.59 Å². The molecule has 0 radical (unpaired) electrons. The van der Waals surface area contributed by atoms with Gasteiger partial charge < -0.3 is 25.8 Å². The summed E-state index contributed by atoms with van der Waals surface area (Å²) in [5, 5.41) is 17.6. The zero-order valence-corrected chi connectivity index (χ0v) is 24.6. The molecule has 4 N–H and O–H groups in total. The van der Waals surface area contributed by atoms with Crippen molar-refractivity contribution in [2.75, 3.05) is 0 Å². The Kier molecular flexibility index (Phi) is 10.1. The molecule has 3 aromatic carbocycles. The highest BCUT2D eigenvalue weighted by molar-refractivity contribution is 5.91. The first-order valence-corrected chi connectivity index (χ1v) is 13.8. The van der Waals surface area contributed by atoms with E-state index in [0.717, 1.165) is 16.7 Å². The van der Waals surface area contributed by atoms with Gasteiger partial charge in [-0.2, -0.15) is 0 Å². The SMILES string of the molecule is CC(C)(C)OC(=O)N[C@H](CCC(=O)NC(c1ccccc1)(c1ccccc1)c1ccccc1)C(=O)NC(C)(C)C(=O)O. The van der Waals surface area contributed by atoms with Crippen LogP contribution in [0.5, 0.6) is 0 Å². The second-order valence-electron chi connectivity index (χ2n) is 11.6. The van der Waals surface area contributed by atoms with E-state index in [1.807, 2.05) is 91.0 Å². The molecule has 0 fully saturated rings. The molecule has 3 amide bonds. The first-order valence-electron chi connectivity index (χ1n) is 13.8. The maximum Gasteiger partial charge on any atom is 0.408 e. The summed E-state index contributed by atoms with van der Waals surface area (Å²) in [4.78, 5) is 51.1. The molecule has 9 heteroatoms. The Morgan fingerprint density at radius 1 is 0.714 bits per heavy atom. The molecule has 0 heterocycles. The molecular weight excluding hydrogens is 534 g/mol. The van der Waals surface area contributed by atoms with Crippen LogP contribution in [-0.2, 0) is 24.7 Å². The summed E-state index contributed by atoms with van der Waals surface area (Å²) < 4.78 is 5.31. The molecule has 1 atom stereocenters. The lowest BCUT2D eigenvalue weighted by atomic mass is 9.77. The van der Waals surface area contributed by atoms with Crippen molar-refractivity contribution in [2.24, 2.45) is 0 Å². The van der Waals surface area contributed by atoms with Gasteiger partial charge in [0.1, 0.15) is 22.7 Å². The van der Waals surface area contributed by atoms with Crippen LogP contribution in [0.15, 0.2) is 91.0 Å². The number of carbonyl (C=O) groups excluding carboxylic acids is 3. The third kappa shape index (κ3) is 8.19. The van der Waals surface area contributed by atoms with E-state index in [-0.39, 0.29) is 18.7 Å². The van der Waals surface area contributed by atoms with Crippen LogP contribution in [0.1, 0.15) is 64.2 Å². The monoisotopic (exact) mass is 573 g/mol. The third-order valence-corrected chi connectivity index (χ3v) is 6.59. The highest BCUT2D eigenvalue weighted by Gasteiger charge is 2.38. The fraction of sp³-hybridized carbons (Fsp3) is 0.333. The molecule has 0 saturated heterocycles. The number of carboxylic acid groups (broad SMARTS) is 1. The molecule has 3 aromatic rings. The molecule has 0 spiro atoms. The van der Waals surface area contributed by atoms with Gasteiger partial charge in [0.25, 0.3) is 0 Å². The number of hydrogen-bond acceptors (Lipinski definition) is 5. The maximum absolute atomic E-state index is 13.7. The molecule has 0 saturated carbocycles. The number of ether oxygens (including phenoxy) is 1. The zero-order chi connectivity index (χ0) is 31.0. The summed E-state index contributed by atoms with van der Waals surface area (Å²) in [6, 6.07) is 27.5. The molecule has 0 aromatic heterocycles. The van der Waals surface area contributed by atoms with Crippen LogP contribution in [0.25, 0.3) is 0 Å². The van der Waals surface area contributed by atoms with Gasteiger partial charge >= 0.3 is 12.1 Å². The normalized spacial score (nSPS) is 12.5. The van der Waals surface area contributed by atoms with E-state index in [4.69, 9.17) is 4.74 Å². The van der Waals surface area contributed by atoms with Crippen molar-refractivity contribution in [3.05, 3.63) is 108 Å². The van der Waals surface area contributed by atoms with Gasteiger partial charge in [-0.1, -0.05) is 91.0 Å². The third-order valence-electron chi connectivity index (χ3n) is 6.59. The van der Waals surface area contributed by atoms with Gasteiger partial charge in [-0.05, 0) is 57.7 Å². The van der Waals surface area contributed by atoms with E-state index < -0.39 is 40.7 Å². The van der Waals surface area contributed by atoms with Gasteiger partial charge in [0, 0.05) is 6.42 Å². The Balaban J connectivity index is 1.94. The molecule has 222 valence electrons. The fourth-order valence-corrected chi connectivity index (χ4v) is 4.50. The van der Waals surface area contributed by atoms with Crippen molar-refractivity contribution in [2.45, 2.75) is 70.2 Å². The number of benzene rings is 3. The van der Waals surface area contributed by atoms with E-state index in [0.29, 0.717) is 0 Å². The van der Waals surface area contributed by atoms with Crippen LogP contribution in [0, 0.1) is 0 Å². The summed E-state index contributed by atoms with van der Waals surface area (Å²) in [5.74, 6) is -2.38. The Labute approximate surface area is 246 Å². The van der Waals surface area contributed by atoms with E-state index in [1.54, 1.807) is 20.8 Å². The smallest absolute Gasteiger partial charge is 0.408 e. The number of carboxylic acids is 1. The largest absolute Gasteiger partial charge is 0.480 e. The Morgan fingerprint density at radius 2 is 1.14 bits per heavy atom. The van der Waals surface area contributed by atoms with Gasteiger partial charge in [0.2, 0.25) is 11.8 Å². The highest BCUT2D eigenvalue weighted by Crippen LogP contribution is 2.37. The van der Waals surface area contributed by atoms with Crippen molar-refractivity contribution >= 4 is 23.9 Å². The molecule has 0 aliphatic heterocycles. The lowest BCUT2D eigenvalue weighted by Gasteiger charge is -2.37. The second-order valence-corrected chi connectivity index (χ2v) is 11.6. The summed E-state index contributed by atoms with van der Waals surface area (Å²) in [6.07, 6.45) is -1.13. The predicted octanol–water partition coefficient (Wildman–Crippen LogP) is 4.75. The lowest BCUT2D eigenvalue weighted by Crippen LogP contribution is -2.57. The van der Waals surface area contributed by atoms with Crippen LogP contribution >= 0.6 is 0 Å². The quantitative estimate of drug-likeness (QED) is 0.245. The van der Waals surface area contributed by atoms with Crippen molar-refractivity contribution in [3.8, 4) is 0 Å². The van der Waals surface area contributed by atoms with E-state index >= 15 is 0 Å². The van der Waals surface area contributed by atoms with Crippen LogP contribution < -0.4 is 16.0 Å². The Hall–Kier alpha value is -4.66.